The Bertz CT molecular complexity index is 237. The second-order valence-corrected chi connectivity index (χ2v) is 7.57. The molecule has 0 saturated carbocycles. The molecule has 0 amide bonds. The predicted molar refractivity (Wildman–Crippen MR) is 116 cm³/mol. The molecule has 0 aliphatic heterocycles. The highest BCUT2D eigenvalue weighted by atomic mass is 16.5. The summed E-state index contributed by atoms with van der Waals surface area (Å²) in [5.41, 5.74) is 0. The fourth-order valence-electron chi connectivity index (χ4n) is 3.11. The molecule has 0 radical (unpaired) electrons. The molecule has 0 rings (SSSR count). The van der Waals surface area contributed by atoms with Gasteiger partial charge in [0.05, 0.1) is 13.2 Å². The van der Waals surface area contributed by atoms with Crippen LogP contribution in [0.25, 0.3) is 0 Å². The molecule has 156 valence electrons. The first-order valence-electron chi connectivity index (χ1n) is 11.7. The normalized spacial score (nSPS) is 11.6. The number of ether oxygens (including phenoxy) is 2. The number of hydrogen-bond donors (Lipinski definition) is 0. The molecule has 0 heterocycles. The van der Waals surface area contributed by atoms with Gasteiger partial charge in [0, 0.05) is 13.2 Å². The van der Waals surface area contributed by atoms with Gasteiger partial charge in [-0.3, -0.25) is 0 Å². The molecule has 26 heavy (non-hydrogen) atoms. The molecule has 0 unspecified atom stereocenters. The molecule has 0 spiro atoms. The van der Waals surface area contributed by atoms with E-state index in [1.54, 1.807) is 0 Å². The lowest BCUT2D eigenvalue weighted by Gasteiger charge is -2.03. The first-order chi connectivity index (χ1) is 12.9. The minimum absolute atomic E-state index is 0.734. The molecule has 0 aromatic rings. The van der Waals surface area contributed by atoms with E-state index >= 15 is 0 Å². The Hall–Kier alpha value is -0.340. The van der Waals surface area contributed by atoms with Gasteiger partial charge in [-0.1, -0.05) is 116 Å². The van der Waals surface area contributed by atoms with Crippen molar-refractivity contribution in [3.8, 4) is 0 Å². The van der Waals surface area contributed by atoms with Gasteiger partial charge in [0.1, 0.15) is 0 Å². The Kier molecular flexibility index (Phi) is 24.3. The van der Waals surface area contributed by atoms with Crippen molar-refractivity contribution in [1.29, 1.82) is 0 Å². The maximum Gasteiger partial charge on any atom is 0.0648 e. The Morgan fingerprint density at radius 2 is 0.731 bits per heavy atom. The summed E-state index contributed by atoms with van der Waals surface area (Å²) < 4.78 is 11.3. The quantitative estimate of drug-likeness (QED) is 0.143. The molecule has 0 aromatic heterocycles. The van der Waals surface area contributed by atoms with Crippen molar-refractivity contribution >= 4 is 0 Å². The van der Waals surface area contributed by atoms with Crippen LogP contribution in [0.2, 0.25) is 0 Å². The van der Waals surface area contributed by atoms with Crippen LogP contribution in [-0.4, -0.2) is 26.4 Å². The largest absolute Gasteiger partial charge is 0.377 e. The monoisotopic (exact) mass is 368 g/mol. The van der Waals surface area contributed by atoms with Crippen LogP contribution in [0.1, 0.15) is 117 Å². The molecule has 0 N–H and O–H groups in total. The summed E-state index contributed by atoms with van der Waals surface area (Å²) in [6.07, 6.45) is 25.9. The average Bonchev–Trinajstić information content (AvgIpc) is 2.66. The van der Waals surface area contributed by atoms with Gasteiger partial charge in [0.15, 0.2) is 0 Å². The maximum atomic E-state index is 5.64. The van der Waals surface area contributed by atoms with E-state index in [2.05, 4.69) is 26.0 Å². The van der Waals surface area contributed by atoms with Gasteiger partial charge < -0.3 is 9.47 Å². The molecule has 0 fully saturated rings. The molecule has 0 aromatic carbocycles. The molecule has 0 saturated heterocycles. The van der Waals surface area contributed by atoms with Crippen LogP contribution in [0.4, 0.5) is 0 Å². The SMILES string of the molecule is CCCCCCCCCCOC/C=C\COCCCCCCCCCC. The second kappa shape index (κ2) is 24.7. The lowest BCUT2D eigenvalue weighted by atomic mass is 10.1. The van der Waals surface area contributed by atoms with Crippen LogP contribution in [0.3, 0.4) is 0 Å². The fraction of sp³-hybridized carbons (Fsp3) is 0.917. The van der Waals surface area contributed by atoms with E-state index in [1.807, 2.05) is 0 Å². The minimum atomic E-state index is 0.734. The smallest absolute Gasteiger partial charge is 0.0648 e. The zero-order valence-corrected chi connectivity index (χ0v) is 18.1. The standard InChI is InChI=1S/C24H48O2/c1-3-5-7-9-11-13-15-17-21-25-23-19-20-24-26-22-18-16-14-12-10-8-6-4-2/h19-20H,3-18,21-24H2,1-2H3/b20-19-. The Balaban J connectivity index is 3.04. The zero-order valence-electron chi connectivity index (χ0n) is 18.1. The minimum Gasteiger partial charge on any atom is -0.377 e. The summed E-state index contributed by atoms with van der Waals surface area (Å²) in [6.45, 7) is 7.82. The second-order valence-electron chi connectivity index (χ2n) is 7.57. The third-order valence-corrected chi connectivity index (χ3v) is 4.88. The topological polar surface area (TPSA) is 18.5 Å². The molecule has 0 aliphatic carbocycles. The molecule has 0 bridgehead atoms. The highest BCUT2D eigenvalue weighted by molar-refractivity contribution is 4.81. The van der Waals surface area contributed by atoms with Crippen molar-refractivity contribution in [2.75, 3.05) is 26.4 Å². The van der Waals surface area contributed by atoms with E-state index in [-0.39, 0.29) is 0 Å². The van der Waals surface area contributed by atoms with Crippen molar-refractivity contribution in [2.45, 2.75) is 117 Å². The van der Waals surface area contributed by atoms with Crippen LogP contribution in [0.15, 0.2) is 12.2 Å². The lowest BCUT2D eigenvalue weighted by molar-refractivity contribution is 0.149. The van der Waals surface area contributed by atoms with Crippen molar-refractivity contribution in [2.24, 2.45) is 0 Å². The van der Waals surface area contributed by atoms with Crippen molar-refractivity contribution in [3.63, 3.8) is 0 Å². The van der Waals surface area contributed by atoms with Gasteiger partial charge in [0.25, 0.3) is 0 Å². The molecular formula is C24H48O2. The maximum absolute atomic E-state index is 5.64. The van der Waals surface area contributed by atoms with Crippen LogP contribution in [0, 0.1) is 0 Å². The van der Waals surface area contributed by atoms with Crippen LogP contribution in [-0.2, 0) is 9.47 Å². The van der Waals surface area contributed by atoms with E-state index in [0.717, 1.165) is 26.4 Å². The van der Waals surface area contributed by atoms with E-state index < -0.39 is 0 Å². The fourth-order valence-corrected chi connectivity index (χ4v) is 3.11. The molecule has 2 heteroatoms. The van der Waals surface area contributed by atoms with Crippen LogP contribution < -0.4 is 0 Å². The highest BCUT2D eigenvalue weighted by Crippen LogP contribution is 2.09. The van der Waals surface area contributed by atoms with Crippen LogP contribution in [0.5, 0.6) is 0 Å². The van der Waals surface area contributed by atoms with Gasteiger partial charge in [-0.2, -0.15) is 0 Å². The van der Waals surface area contributed by atoms with Crippen molar-refractivity contribution in [3.05, 3.63) is 12.2 Å². The van der Waals surface area contributed by atoms with Gasteiger partial charge in [0.2, 0.25) is 0 Å². The third kappa shape index (κ3) is 23.7. The third-order valence-electron chi connectivity index (χ3n) is 4.88. The highest BCUT2D eigenvalue weighted by Gasteiger charge is 1.93. The summed E-state index contributed by atoms with van der Waals surface area (Å²) in [6, 6.07) is 0. The first kappa shape index (κ1) is 25.7. The van der Waals surface area contributed by atoms with Crippen molar-refractivity contribution < 1.29 is 9.47 Å². The van der Waals surface area contributed by atoms with Gasteiger partial charge >= 0.3 is 0 Å². The first-order valence-corrected chi connectivity index (χ1v) is 11.7. The Morgan fingerprint density at radius 1 is 0.423 bits per heavy atom. The lowest BCUT2D eigenvalue weighted by Crippen LogP contribution is -1.97. The molecule has 0 atom stereocenters. The average molecular weight is 369 g/mol. The molecular weight excluding hydrogens is 320 g/mol. The summed E-state index contributed by atoms with van der Waals surface area (Å²) >= 11 is 0. The van der Waals surface area contributed by atoms with E-state index in [4.69, 9.17) is 9.47 Å². The summed E-state index contributed by atoms with van der Waals surface area (Å²) in [4.78, 5) is 0. The van der Waals surface area contributed by atoms with Gasteiger partial charge in [-0.25, -0.2) is 0 Å². The predicted octanol–water partition coefficient (Wildman–Crippen LogP) is 7.86. The van der Waals surface area contributed by atoms with E-state index in [1.165, 1.54) is 103 Å². The summed E-state index contributed by atoms with van der Waals surface area (Å²) in [5, 5.41) is 0. The Morgan fingerprint density at radius 3 is 1.08 bits per heavy atom. The summed E-state index contributed by atoms with van der Waals surface area (Å²) in [5.74, 6) is 0. The van der Waals surface area contributed by atoms with Gasteiger partial charge in [-0.05, 0) is 12.8 Å². The van der Waals surface area contributed by atoms with E-state index in [0.29, 0.717) is 0 Å². The number of unbranched alkanes of at least 4 members (excludes halogenated alkanes) is 14. The van der Waals surface area contributed by atoms with Gasteiger partial charge in [-0.15, -0.1) is 0 Å². The summed E-state index contributed by atoms with van der Waals surface area (Å²) in [7, 11) is 0. The Labute approximate surface area is 165 Å². The number of rotatable bonds is 22. The zero-order chi connectivity index (χ0) is 19.0. The van der Waals surface area contributed by atoms with Crippen molar-refractivity contribution in [1.82, 2.24) is 0 Å². The van der Waals surface area contributed by atoms with E-state index in [9.17, 15) is 0 Å². The molecule has 2 nitrogen and oxygen atoms in total. The molecule has 0 aliphatic rings. The number of hydrogen-bond acceptors (Lipinski definition) is 2. The van der Waals surface area contributed by atoms with Crippen LogP contribution >= 0.6 is 0 Å².